The molecule has 0 aliphatic carbocycles. The monoisotopic (exact) mass is 281 g/mol. The highest BCUT2D eigenvalue weighted by Crippen LogP contribution is 2.12. The van der Waals surface area contributed by atoms with Crippen LogP contribution in [0.3, 0.4) is 0 Å². The number of aliphatic carboxylic acids is 1. The minimum Gasteiger partial charge on any atom is -0.481 e. The summed E-state index contributed by atoms with van der Waals surface area (Å²) in [6, 6.07) is 7.24. The van der Waals surface area contributed by atoms with Gasteiger partial charge in [-0.05, 0) is 17.7 Å². The summed E-state index contributed by atoms with van der Waals surface area (Å²) in [5.41, 5.74) is 1.56. The summed E-state index contributed by atoms with van der Waals surface area (Å²) in [5, 5.41) is 11.2. The fraction of sp³-hybridized carbons (Fsp3) is 0.429. The molecule has 0 heterocycles. The Balaban J connectivity index is 2.42. The van der Waals surface area contributed by atoms with Gasteiger partial charge in [0.2, 0.25) is 5.91 Å². The van der Waals surface area contributed by atoms with Crippen LogP contribution < -0.4 is 5.32 Å². The molecule has 0 radical (unpaired) electrons. The Labute approximate surface area is 117 Å². The maximum atomic E-state index is 11.5. The summed E-state index contributed by atoms with van der Waals surface area (Å²) in [5.74, 6) is -1.30. The molecule has 0 aromatic heterocycles. The van der Waals surface area contributed by atoms with Gasteiger partial charge >= 0.3 is 5.97 Å². The topological polar surface area (TPSA) is 84.9 Å². The summed E-state index contributed by atoms with van der Waals surface area (Å²) < 4.78 is 10.3. The first-order valence-electron chi connectivity index (χ1n) is 6.29. The molecule has 0 saturated carbocycles. The second kappa shape index (κ2) is 9.06. The lowest BCUT2D eigenvalue weighted by molar-refractivity contribution is -0.138. The van der Waals surface area contributed by atoms with Gasteiger partial charge in [-0.25, -0.2) is 0 Å². The lowest BCUT2D eigenvalue weighted by Gasteiger charge is -2.07. The molecule has 0 bridgehead atoms. The number of carbonyl (C=O) groups excluding carboxylic acids is 1. The van der Waals surface area contributed by atoms with Gasteiger partial charge in [0.05, 0.1) is 26.2 Å². The normalized spacial score (nSPS) is 10.2. The van der Waals surface area contributed by atoms with Gasteiger partial charge in [0, 0.05) is 19.2 Å². The maximum Gasteiger partial charge on any atom is 0.303 e. The third-order valence-electron chi connectivity index (χ3n) is 2.48. The van der Waals surface area contributed by atoms with Crippen LogP contribution in [0, 0.1) is 0 Å². The van der Waals surface area contributed by atoms with Crippen LogP contribution in [-0.2, 0) is 25.7 Å². The summed E-state index contributed by atoms with van der Waals surface area (Å²) in [7, 11) is 1.61. The highest BCUT2D eigenvalue weighted by atomic mass is 16.5. The van der Waals surface area contributed by atoms with Crippen molar-refractivity contribution in [3.05, 3.63) is 29.8 Å². The molecular formula is C14H19NO5. The predicted octanol–water partition coefficient (Wildman–Crippen LogP) is 1.65. The van der Waals surface area contributed by atoms with E-state index in [0.29, 0.717) is 25.5 Å². The van der Waals surface area contributed by atoms with Crippen molar-refractivity contribution < 1.29 is 24.2 Å². The number of hydrogen-bond acceptors (Lipinski definition) is 4. The van der Waals surface area contributed by atoms with Gasteiger partial charge in [-0.2, -0.15) is 0 Å². The van der Waals surface area contributed by atoms with Gasteiger partial charge in [0.25, 0.3) is 0 Å². The average molecular weight is 281 g/mol. The molecule has 1 amide bonds. The molecule has 0 spiro atoms. The predicted molar refractivity (Wildman–Crippen MR) is 73.5 cm³/mol. The Morgan fingerprint density at radius 1 is 1.25 bits per heavy atom. The number of hydrogen-bond donors (Lipinski definition) is 2. The van der Waals surface area contributed by atoms with E-state index in [9.17, 15) is 9.59 Å². The zero-order chi connectivity index (χ0) is 14.8. The minimum absolute atomic E-state index is 0.0378. The van der Waals surface area contributed by atoms with E-state index >= 15 is 0 Å². The largest absolute Gasteiger partial charge is 0.481 e. The van der Waals surface area contributed by atoms with E-state index in [1.807, 2.05) is 12.1 Å². The van der Waals surface area contributed by atoms with Gasteiger partial charge in [-0.3, -0.25) is 9.59 Å². The molecule has 0 aliphatic heterocycles. The zero-order valence-corrected chi connectivity index (χ0v) is 11.4. The van der Waals surface area contributed by atoms with E-state index in [2.05, 4.69) is 5.32 Å². The molecule has 2 N–H and O–H groups in total. The fourth-order valence-corrected chi connectivity index (χ4v) is 1.52. The van der Waals surface area contributed by atoms with Crippen molar-refractivity contribution in [2.45, 2.75) is 19.4 Å². The summed E-state index contributed by atoms with van der Waals surface area (Å²) in [6.45, 7) is 1.47. The summed E-state index contributed by atoms with van der Waals surface area (Å²) in [4.78, 5) is 21.9. The SMILES string of the molecule is COCCOCc1cccc(NC(=O)CCC(=O)O)c1. The third kappa shape index (κ3) is 6.86. The Morgan fingerprint density at radius 3 is 2.75 bits per heavy atom. The van der Waals surface area contributed by atoms with E-state index in [1.54, 1.807) is 19.2 Å². The first kappa shape index (κ1) is 16.1. The lowest BCUT2D eigenvalue weighted by atomic mass is 10.2. The number of carboxylic acids is 1. The van der Waals surface area contributed by atoms with Crippen LogP contribution in [0.2, 0.25) is 0 Å². The van der Waals surface area contributed by atoms with Crippen LogP contribution in [0.1, 0.15) is 18.4 Å². The van der Waals surface area contributed by atoms with Crippen molar-refractivity contribution >= 4 is 17.6 Å². The van der Waals surface area contributed by atoms with Crippen LogP contribution >= 0.6 is 0 Å². The van der Waals surface area contributed by atoms with Gasteiger partial charge in [0.15, 0.2) is 0 Å². The third-order valence-corrected chi connectivity index (χ3v) is 2.48. The molecule has 1 aromatic carbocycles. The van der Waals surface area contributed by atoms with Gasteiger partial charge in [-0.1, -0.05) is 12.1 Å². The molecule has 1 rings (SSSR count). The van der Waals surface area contributed by atoms with Crippen LogP contribution in [0.5, 0.6) is 0 Å². The second-order valence-electron chi connectivity index (χ2n) is 4.19. The Hall–Kier alpha value is -1.92. The number of ether oxygens (including phenoxy) is 2. The number of rotatable bonds is 9. The molecule has 0 aliphatic rings. The van der Waals surface area contributed by atoms with Crippen molar-refractivity contribution in [1.82, 2.24) is 0 Å². The number of carboxylic acid groups (broad SMARTS) is 1. The van der Waals surface area contributed by atoms with E-state index in [-0.39, 0.29) is 18.7 Å². The highest BCUT2D eigenvalue weighted by molar-refractivity contribution is 5.92. The van der Waals surface area contributed by atoms with E-state index in [1.165, 1.54) is 0 Å². The maximum absolute atomic E-state index is 11.5. The molecule has 0 unspecified atom stereocenters. The summed E-state index contributed by atoms with van der Waals surface area (Å²) >= 11 is 0. The molecule has 6 heteroatoms. The van der Waals surface area contributed by atoms with Crippen LogP contribution in [-0.4, -0.2) is 37.3 Å². The van der Waals surface area contributed by atoms with Crippen molar-refractivity contribution in [1.29, 1.82) is 0 Å². The van der Waals surface area contributed by atoms with E-state index in [0.717, 1.165) is 5.56 Å². The Kier molecular flexibility index (Phi) is 7.31. The average Bonchev–Trinajstić information content (AvgIpc) is 2.42. The molecule has 0 fully saturated rings. The highest BCUT2D eigenvalue weighted by Gasteiger charge is 2.06. The van der Waals surface area contributed by atoms with Crippen LogP contribution in [0.4, 0.5) is 5.69 Å². The zero-order valence-electron chi connectivity index (χ0n) is 11.4. The lowest BCUT2D eigenvalue weighted by Crippen LogP contribution is -2.13. The van der Waals surface area contributed by atoms with Crippen molar-refractivity contribution in [3.63, 3.8) is 0 Å². The van der Waals surface area contributed by atoms with Crippen LogP contribution in [0.25, 0.3) is 0 Å². The van der Waals surface area contributed by atoms with Gasteiger partial charge < -0.3 is 19.9 Å². The number of amides is 1. The molecule has 110 valence electrons. The molecule has 6 nitrogen and oxygen atoms in total. The standard InChI is InChI=1S/C14H19NO5/c1-19-7-8-20-10-11-3-2-4-12(9-11)15-13(16)5-6-14(17)18/h2-4,9H,5-8,10H2,1H3,(H,15,16)(H,17,18). The molecule has 1 aromatic rings. The number of nitrogens with one attached hydrogen (secondary N) is 1. The Morgan fingerprint density at radius 2 is 2.05 bits per heavy atom. The summed E-state index contributed by atoms with van der Waals surface area (Å²) in [6.07, 6.45) is -0.213. The quantitative estimate of drug-likeness (QED) is 0.672. The first-order valence-corrected chi connectivity index (χ1v) is 6.29. The number of methoxy groups -OCH3 is 1. The second-order valence-corrected chi connectivity index (χ2v) is 4.19. The Bertz CT molecular complexity index is 447. The van der Waals surface area contributed by atoms with Gasteiger partial charge in [-0.15, -0.1) is 0 Å². The van der Waals surface area contributed by atoms with Crippen molar-refractivity contribution in [3.8, 4) is 0 Å². The molecule has 20 heavy (non-hydrogen) atoms. The number of carbonyl (C=O) groups is 2. The van der Waals surface area contributed by atoms with Crippen molar-refractivity contribution in [2.24, 2.45) is 0 Å². The molecule has 0 saturated heterocycles. The fourth-order valence-electron chi connectivity index (χ4n) is 1.52. The molecular weight excluding hydrogens is 262 g/mol. The minimum atomic E-state index is -0.986. The van der Waals surface area contributed by atoms with Gasteiger partial charge in [0.1, 0.15) is 0 Å². The molecule has 0 atom stereocenters. The van der Waals surface area contributed by atoms with Crippen molar-refractivity contribution in [2.75, 3.05) is 25.6 Å². The van der Waals surface area contributed by atoms with E-state index < -0.39 is 5.97 Å². The van der Waals surface area contributed by atoms with Crippen LogP contribution in [0.15, 0.2) is 24.3 Å². The van der Waals surface area contributed by atoms with E-state index in [4.69, 9.17) is 14.6 Å². The number of anilines is 1. The number of benzene rings is 1. The smallest absolute Gasteiger partial charge is 0.303 e. The first-order chi connectivity index (χ1) is 9.61.